The molecule has 1 aliphatic rings. The van der Waals surface area contributed by atoms with Gasteiger partial charge in [-0.15, -0.1) is 0 Å². The number of halogens is 2. The maximum Gasteiger partial charge on any atom is 0.325 e. The highest BCUT2D eigenvalue weighted by Crippen LogP contribution is 2.34. The Kier molecular flexibility index (Phi) is 4.87. The molecule has 3 amide bonds. The number of carbonyl (C=O) groups is 2. The van der Waals surface area contributed by atoms with Gasteiger partial charge in [-0.1, -0.05) is 36.7 Å². The number of carbonyl (C=O) groups excluding carboxylic acids is 2. The highest BCUT2D eigenvalue weighted by molar-refractivity contribution is 6.30. The van der Waals surface area contributed by atoms with Crippen LogP contribution in [0, 0.1) is 5.82 Å². The van der Waals surface area contributed by atoms with Crippen LogP contribution in [0.1, 0.15) is 24.5 Å². The zero-order chi connectivity index (χ0) is 18.9. The van der Waals surface area contributed by atoms with Gasteiger partial charge in [-0.05, 0) is 41.8 Å². The van der Waals surface area contributed by atoms with Gasteiger partial charge in [-0.25, -0.2) is 9.18 Å². The smallest absolute Gasteiger partial charge is 0.325 e. The van der Waals surface area contributed by atoms with E-state index in [2.05, 4.69) is 5.32 Å². The van der Waals surface area contributed by atoms with Crippen LogP contribution in [-0.2, 0) is 16.9 Å². The molecule has 3 rings (SSSR count). The maximum atomic E-state index is 13.9. The van der Waals surface area contributed by atoms with E-state index in [4.69, 9.17) is 16.3 Å². The van der Waals surface area contributed by atoms with Crippen molar-refractivity contribution in [3.63, 3.8) is 0 Å². The summed E-state index contributed by atoms with van der Waals surface area (Å²) < 4.78 is 18.8. The predicted molar refractivity (Wildman–Crippen MR) is 95.5 cm³/mol. The second-order valence-electron chi connectivity index (χ2n) is 6.06. The first-order chi connectivity index (χ1) is 12.4. The average Bonchev–Trinajstić information content (AvgIpc) is 2.87. The predicted octanol–water partition coefficient (Wildman–Crippen LogP) is 3.85. The van der Waals surface area contributed by atoms with Crippen LogP contribution in [0.5, 0.6) is 5.75 Å². The van der Waals surface area contributed by atoms with Crippen molar-refractivity contribution in [2.75, 3.05) is 7.11 Å². The van der Waals surface area contributed by atoms with Gasteiger partial charge in [-0.3, -0.25) is 9.69 Å². The van der Waals surface area contributed by atoms with Crippen LogP contribution < -0.4 is 10.1 Å². The molecule has 1 N–H and O–H groups in total. The number of nitrogens with one attached hydrogen (secondary N) is 1. The van der Waals surface area contributed by atoms with Gasteiger partial charge < -0.3 is 10.1 Å². The van der Waals surface area contributed by atoms with Gasteiger partial charge in [0, 0.05) is 5.02 Å². The molecule has 1 saturated heterocycles. The number of benzene rings is 2. The number of nitrogens with zero attached hydrogens (tertiary/aromatic N) is 1. The third-order valence-corrected chi connectivity index (χ3v) is 4.85. The largest absolute Gasteiger partial charge is 0.494 e. The third-order valence-electron chi connectivity index (χ3n) is 4.60. The average molecular weight is 377 g/mol. The number of amides is 3. The lowest BCUT2D eigenvalue weighted by molar-refractivity contribution is -0.132. The fourth-order valence-electron chi connectivity index (χ4n) is 3.13. The van der Waals surface area contributed by atoms with Gasteiger partial charge in [0.2, 0.25) is 0 Å². The Morgan fingerprint density at radius 3 is 2.46 bits per heavy atom. The Morgan fingerprint density at radius 1 is 1.19 bits per heavy atom. The summed E-state index contributed by atoms with van der Waals surface area (Å²) in [6, 6.07) is 10.6. The highest BCUT2D eigenvalue weighted by Gasteiger charge is 2.51. The summed E-state index contributed by atoms with van der Waals surface area (Å²) in [5.74, 6) is -0.810. The molecule has 0 bridgehead atoms. The molecule has 0 aliphatic carbocycles. The molecule has 0 saturated carbocycles. The zero-order valence-electron chi connectivity index (χ0n) is 14.4. The van der Waals surface area contributed by atoms with Gasteiger partial charge in [0.15, 0.2) is 11.6 Å². The highest BCUT2D eigenvalue weighted by atomic mass is 35.5. The molecule has 7 heteroatoms. The minimum Gasteiger partial charge on any atom is -0.494 e. The van der Waals surface area contributed by atoms with E-state index in [1.807, 2.05) is 6.92 Å². The standard InChI is InChI=1S/C19H18ClFN2O3/c1-3-19(13-5-7-14(20)8-6-13)17(24)23(18(25)22-19)11-12-4-9-16(26-2)15(21)10-12/h4-10H,3,11H2,1-2H3,(H,22,25). The molecule has 136 valence electrons. The lowest BCUT2D eigenvalue weighted by atomic mass is 9.87. The third kappa shape index (κ3) is 3.01. The molecular formula is C19H18ClFN2O3. The number of imide groups is 1. The van der Waals surface area contributed by atoms with Crippen molar-refractivity contribution in [2.24, 2.45) is 0 Å². The molecule has 5 nitrogen and oxygen atoms in total. The van der Waals surface area contributed by atoms with Crippen molar-refractivity contribution in [2.45, 2.75) is 25.4 Å². The van der Waals surface area contributed by atoms with Crippen LogP contribution in [0.4, 0.5) is 9.18 Å². The molecule has 2 aromatic carbocycles. The molecule has 0 radical (unpaired) electrons. The minimum atomic E-state index is -1.15. The molecule has 1 atom stereocenters. The van der Waals surface area contributed by atoms with Gasteiger partial charge in [0.1, 0.15) is 5.54 Å². The fraction of sp³-hybridized carbons (Fsp3) is 0.263. The van der Waals surface area contributed by atoms with Crippen molar-refractivity contribution in [3.05, 3.63) is 64.4 Å². The number of ether oxygens (including phenoxy) is 1. The van der Waals surface area contributed by atoms with Crippen molar-refractivity contribution < 1.29 is 18.7 Å². The van der Waals surface area contributed by atoms with Gasteiger partial charge >= 0.3 is 6.03 Å². The first kappa shape index (κ1) is 18.2. The summed E-state index contributed by atoms with van der Waals surface area (Å²) in [6.07, 6.45) is 0.382. The van der Waals surface area contributed by atoms with Crippen molar-refractivity contribution >= 4 is 23.5 Å². The van der Waals surface area contributed by atoms with E-state index in [-0.39, 0.29) is 18.2 Å². The molecule has 1 fully saturated rings. The van der Waals surface area contributed by atoms with Crippen LogP contribution in [0.25, 0.3) is 0 Å². The lowest BCUT2D eigenvalue weighted by Crippen LogP contribution is -2.43. The Bertz CT molecular complexity index is 856. The molecular weight excluding hydrogens is 359 g/mol. The molecule has 1 heterocycles. The van der Waals surface area contributed by atoms with E-state index in [1.54, 1.807) is 30.3 Å². The first-order valence-corrected chi connectivity index (χ1v) is 8.51. The van der Waals surface area contributed by atoms with Crippen LogP contribution >= 0.6 is 11.6 Å². The molecule has 1 unspecified atom stereocenters. The Morgan fingerprint density at radius 2 is 1.88 bits per heavy atom. The number of hydrogen-bond acceptors (Lipinski definition) is 3. The van der Waals surface area contributed by atoms with Gasteiger partial charge in [0.05, 0.1) is 13.7 Å². The minimum absolute atomic E-state index is 0.0269. The molecule has 0 aromatic heterocycles. The summed E-state index contributed by atoms with van der Waals surface area (Å²) in [4.78, 5) is 26.6. The second kappa shape index (κ2) is 6.96. The summed E-state index contributed by atoms with van der Waals surface area (Å²) in [6.45, 7) is 1.80. The number of methoxy groups -OCH3 is 1. The van der Waals surface area contributed by atoms with Crippen molar-refractivity contribution in [3.8, 4) is 5.75 Å². The summed E-state index contributed by atoms with van der Waals surface area (Å²) >= 11 is 5.92. The normalized spacial score (nSPS) is 19.6. The molecule has 2 aromatic rings. The van der Waals surface area contributed by atoms with E-state index in [1.165, 1.54) is 19.2 Å². The summed E-state index contributed by atoms with van der Waals surface area (Å²) in [7, 11) is 1.37. The SMILES string of the molecule is CCC1(c2ccc(Cl)cc2)NC(=O)N(Cc2ccc(OC)c(F)c2)C1=O. The van der Waals surface area contributed by atoms with Crippen LogP contribution in [0.15, 0.2) is 42.5 Å². The molecule has 0 spiro atoms. The van der Waals surface area contributed by atoms with Crippen molar-refractivity contribution in [1.82, 2.24) is 10.2 Å². The summed E-state index contributed by atoms with van der Waals surface area (Å²) in [5.41, 5.74) is 0.00753. The van der Waals surface area contributed by atoms with Gasteiger partial charge in [-0.2, -0.15) is 0 Å². The second-order valence-corrected chi connectivity index (χ2v) is 6.49. The summed E-state index contributed by atoms with van der Waals surface area (Å²) in [5, 5.41) is 3.33. The monoisotopic (exact) mass is 376 g/mol. The number of rotatable bonds is 5. The number of urea groups is 1. The fourth-order valence-corrected chi connectivity index (χ4v) is 3.26. The topological polar surface area (TPSA) is 58.6 Å². The maximum absolute atomic E-state index is 13.9. The number of hydrogen-bond donors (Lipinski definition) is 1. The lowest BCUT2D eigenvalue weighted by Gasteiger charge is -2.26. The quantitative estimate of drug-likeness (QED) is 0.806. The molecule has 1 aliphatic heterocycles. The van der Waals surface area contributed by atoms with Crippen LogP contribution in [0.3, 0.4) is 0 Å². The Labute approximate surface area is 155 Å². The van der Waals surface area contributed by atoms with Crippen LogP contribution in [-0.4, -0.2) is 23.9 Å². The van der Waals surface area contributed by atoms with E-state index < -0.39 is 17.4 Å². The van der Waals surface area contributed by atoms with E-state index in [9.17, 15) is 14.0 Å². The molecule has 26 heavy (non-hydrogen) atoms. The van der Waals surface area contributed by atoms with Crippen LogP contribution in [0.2, 0.25) is 5.02 Å². The first-order valence-electron chi connectivity index (χ1n) is 8.14. The van der Waals surface area contributed by atoms with E-state index >= 15 is 0 Å². The van der Waals surface area contributed by atoms with E-state index in [0.717, 1.165) is 4.90 Å². The van der Waals surface area contributed by atoms with E-state index in [0.29, 0.717) is 22.6 Å². The van der Waals surface area contributed by atoms with Crippen molar-refractivity contribution in [1.29, 1.82) is 0 Å². The zero-order valence-corrected chi connectivity index (χ0v) is 15.1. The Hall–Kier alpha value is -2.60. The Balaban J connectivity index is 1.90. The van der Waals surface area contributed by atoms with Gasteiger partial charge in [0.25, 0.3) is 5.91 Å².